The monoisotopic (exact) mass is 486 g/mol. The summed E-state index contributed by atoms with van der Waals surface area (Å²) in [5.74, 6) is 0.485. The van der Waals surface area contributed by atoms with Gasteiger partial charge in [-0.25, -0.2) is 9.78 Å². The van der Waals surface area contributed by atoms with E-state index in [1.54, 1.807) is 23.8 Å². The number of methoxy groups -OCH3 is 1. The van der Waals surface area contributed by atoms with Crippen LogP contribution in [-0.2, 0) is 17.0 Å². The molecule has 4 aromatic rings. The summed E-state index contributed by atoms with van der Waals surface area (Å²) in [6.07, 6.45) is 0.704. The van der Waals surface area contributed by atoms with Gasteiger partial charge in [0.2, 0.25) is 0 Å². The van der Waals surface area contributed by atoms with Gasteiger partial charge >= 0.3 is 5.63 Å². The Morgan fingerprint density at radius 1 is 1.13 bits per heavy atom. The third-order valence-electron chi connectivity index (χ3n) is 4.71. The molecule has 0 aliphatic heterocycles. The van der Waals surface area contributed by atoms with E-state index >= 15 is 0 Å². The molecule has 0 aliphatic rings. The molecular weight excluding hydrogens is 468 g/mol. The quantitative estimate of drug-likeness (QED) is 0.164. The molecule has 0 saturated carbocycles. The maximum Gasteiger partial charge on any atom is 0.336 e. The highest BCUT2D eigenvalue weighted by Gasteiger charge is 2.13. The van der Waals surface area contributed by atoms with Crippen molar-refractivity contribution in [2.24, 2.45) is 0 Å². The second-order valence-corrected chi connectivity index (χ2v) is 8.59. The van der Waals surface area contributed by atoms with E-state index in [-0.39, 0.29) is 5.56 Å². The number of rotatable bonds is 7. The van der Waals surface area contributed by atoms with E-state index in [2.05, 4.69) is 15.9 Å². The summed E-state index contributed by atoms with van der Waals surface area (Å²) in [5, 5.41) is 2.07. The van der Waals surface area contributed by atoms with Gasteiger partial charge in [0.15, 0.2) is 5.16 Å². The molecule has 154 valence electrons. The van der Waals surface area contributed by atoms with Crippen LogP contribution in [-0.4, -0.2) is 23.3 Å². The summed E-state index contributed by atoms with van der Waals surface area (Å²) < 4.78 is 13.0. The molecule has 0 spiro atoms. The van der Waals surface area contributed by atoms with Crippen LogP contribution in [0.3, 0.4) is 0 Å². The zero-order valence-corrected chi connectivity index (χ0v) is 18.7. The van der Waals surface area contributed by atoms with Crippen LogP contribution in [0, 0.1) is 0 Å². The van der Waals surface area contributed by atoms with Gasteiger partial charge < -0.3 is 9.15 Å². The van der Waals surface area contributed by atoms with Crippen LogP contribution in [0.5, 0.6) is 0 Å². The van der Waals surface area contributed by atoms with Gasteiger partial charge in [0.05, 0.1) is 10.9 Å². The summed E-state index contributed by atoms with van der Waals surface area (Å²) >= 11 is 4.84. The van der Waals surface area contributed by atoms with Gasteiger partial charge in [-0.3, -0.25) is 9.36 Å². The fourth-order valence-electron chi connectivity index (χ4n) is 3.29. The van der Waals surface area contributed by atoms with Crippen LogP contribution in [0.25, 0.3) is 21.9 Å². The first-order valence-electron chi connectivity index (χ1n) is 9.40. The number of ether oxygens (including phenoxy) is 1. The third-order valence-corrected chi connectivity index (χ3v) is 6.22. The van der Waals surface area contributed by atoms with Crippen molar-refractivity contribution < 1.29 is 9.15 Å². The molecule has 30 heavy (non-hydrogen) atoms. The van der Waals surface area contributed by atoms with Crippen LogP contribution in [0.1, 0.15) is 12.0 Å². The van der Waals surface area contributed by atoms with Crippen molar-refractivity contribution in [2.45, 2.75) is 23.9 Å². The zero-order chi connectivity index (χ0) is 21.1. The van der Waals surface area contributed by atoms with Crippen molar-refractivity contribution in [1.82, 2.24) is 9.55 Å². The van der Waals surface area contributed by atoms with Gasteiger partial charge in [-0.1, -0.05) is 39.8 Å². The van der Waals surface area contributed by atoms with Gasteiger partial charge in [0, 0.05) is 41.9 Å². The maximum absolute atomic E-state index is 13.1. The van der Waals surface area contributed by atoms with Crippen molar-refractivity contribution in [1.29, 1.82) is 0 Å². The van der Waals surface area contributed by atoms with E-state index in [0.29, 0.717) is 47.0 Å². The number of hydrogen-bond donors (Lipinski definition) is 0. The normalized spacial score (nSPS) is 11.4. The molecule has 0 bridgehead atoms. The standard InChI is InChI=1S/C22H19BrN2O4S/c1-28-10-4-9-25-21(27)17-5-2-3-6-18(17)24-22(25)30-13-14-11-20(26)29-19-12-15(23)7-8-16(14)19/h2-3,5-8,11-12H,4,9-10,13H2,1H3. The van der Waals surface area contributed by atoms with E-state index in [1.807, 2.05) is 30.3 Å². The highest BCUT2D eigenvalue weighted by molar-refractivity contribution is 9.10. The number of nitrogens with zero attached hydrogens (tertiary/aromatic N) is 2. The molecule has 0 amide bonds. The highest BCUT2D eigenvalue weighted by Crippen LogP contribution is 2.27. The predicted octanol–water partition coefficient (Wildman–Crippen LogP) is 4.59. The van der Waals surface area contributed by atoms with Crippen LogP contribution in [0.2, 0.25) is 0 Å². The van der Waals surface area contributed by atoms with Crippen molar-refractivity contribution in [2.75, 3.05) is 13.7 Å². The minimum absolute atomic E-state index is 0.0689. The molecule has 8 heteroatoms. The molecule has 2 aromatic heterocycles. The van der Waals surface area contributed by atoms with E-state index in [9.17, 15) is 9.59 Å². The minimum Gasteiger partial charge on any atom is -0.423 e. The molecular formula is C22H19BrN2O4S. The number of thioether (sulfide) groups is 1. The van der Waals surface area contributed by atoms with Crippen molar-refractivity contribution >= 4 is 49.6 Å². The molecule has 0 atom stereocenters. The lowest BCUT2D eigenvalue weighted by Crippen LogP contribution is -2.24. The smallest absolute Gasteiger partial charge is 0.336 e. The molecule has 0 saturated heterocycles. The van der Waals surface area contributed by atoms with E-state index in [4.69, 9.17) is 14.1 Å². The minimum atomic E-state index is -0.403. The summed E-state index contributed by atoms with van der Waals surface area (Å²) in [7, 11) is 1.64. The Kier molecular flexibility index (Phi) is 6.36. The van der Waals surface area contributed by atoms with Crippen molar-refractivity contribution in [3.8, 4) is 0 Å². The first-order valence-corrected chi connectivity index (χ1v) is 11.2. The third kappa shape index (κ3) is 4.35. The molecule has 0 unspecified atom stereocenters. The molecule has 2 aromatic carbocycles. The molecule has 6 nitrogen and oxygen atoms in total. The number of halogens is 1. The topological polar surface area (TPSA) is 74.3 Å². The van der Waals surface area contributed by atoms with Crippen molar-refractivity contribution in [3.05, 3.63) is 79.3 Å². The highest BCUT2D eigenvalue weighted by atomic mass is 79.9. The lowest BCUT2D eigenvalue weighted by atomic mass is 10.1. The number of benzene rings is 2. The summed E-state index contributed by atoms with van der Waals surface area (Å²) in [6, 6.07) is 14.4. The SMILES string of the molecule is COCCCn1c(SCc2cc(=O)oc3cc(Br)ccc23)nc2ccccc2c1=O. The Labute approximate surface area is 185 Å². The number of fused-ring (bicyclic) bond motifs is 2. The average Bonchev–Trinajstić information content (AvgIpc) is 2.73. The van der Waals surface area contributed by atoms with Crippen LogP contribution >= 0.6 is 27.7 Å². The molecule has 0 N–H and O–H groups in total. The molecule has 0 aliphatic carbocycles. The molecule has 2 heterocycles. The molecule has 0 fully saturated rings. The lowest BCUT2D eigenvalue weighted by Gasteiger charge is -2.13. The molecule has 0 radical (unpaired) electrons. The van der Waals surface area contributed by atoms with Gasteiger partial charge in [0.1, 0.15) is 5.58 Å². The Bertz CT molecular complexity index is 1330. The van der Waals surface area contributed by atoms with Gasteiger partial charge in [0.25, 0.3) is 5.56 Å². The Morgan fingerprint density at radius 2 is 1.97 bits per heavy atom. The zero-order valence-electron chi connectivity index (χ0n) is 16.3. The van der Waals surface area contributed by atoms with Crippen LogP contribution < -0.4 is 11.2 Å². The number of para-hydroxylation sites is 1. The second-order valence-electron chi connectivity index (χ2n) is 6.73. The second kappa shape index (κ2) is 9.16. The van der Waals surface area contributed by atoms with E-state index < -0.39 is 5.63 Å². The fraction of sp³-hybridized carbons (Fsp3) is 0.227. The van der Waals surface area contributed by atoms with E-state index in [1.165, 1.54) is 17.8 Å². The Morgan fingerprint density at radius 3 is 2.80 bits per heavy atom. The Hall–Kier alpha value is -2.42. The Balaban J connectivity index is 1.73. The van der Waals surface area contributed by atoms with E-state index in [0.717, 1.165) is 15.4 Å². The van der Waals surface area contributed by atoms with Gasteiger partial charge in [-0.2, -0.15) is 0 Å². The van der Waals surface area contributed by atoms with Gasteiger partial charge in [-0.15, -0.1) is 0 Å². The average molecular weight is 487 g/mol. The van der Waals surface area contributed by atoms with Crippen molar-refractivity contribution in [3.63, 3.8) is 0 Å². The maximum atomic E-state index is 13.1. The van der Waals surface area contributed by atoms with Gasteiger partial charge in [-0.05, 0) is 42.3 Å². The largest absolute Gasteiger partial charge is 0.423 e. The predicted molar refractivity (Wildman–Crippen MR) is 122 cm³/mol. The first-order chi connectivity index (χ1) is 14.6. The summed E-state index contributed by atoms with van der Waals surface area (Å²) in [6.45, 7) is 1.07. The summed E-state index contributed by atoms with van der Waals surface area (Å²) in [4.78, 5) is 29.8. The number of aromatic nitrogens is 2. The van der Waals surface area contributed by atoms with Crippen LogP contribution in [0.15, 0.2) is 72.2 Å². The number of hydrogen-bond acceptors (Lipinski definition) is 6. The fourth-order valence-corrected chi connectivity index (χ4v) is 4.64. The first kappa shape index (κ1) is 20.8. The van der Waals surface area contributed by atoms with Crippen LogP contribution in [0.4, 0.5) is 0 Å². The lowest BCUT2D eigenvalue weighted by molar-refractivity contribution is 0.189. The molecule has 4 rings (SSSR count). The summed E-state index contributed by atoms with van der Waals surface area (Å²) in [5.41, 5.74) is 1.55.